The molecule has 234 valence electrons. The second kappa shape index (κ2) is 15.6. The van der Waals surface area contributed by atoms with Crippen molar-refractivity contribution in [3.8, 4) is 0 Å². The van der Waals surface area contributed by atoms with Gasteiger partial charge in [0.15, 0.2) is 9.84 Å². The van der Waals surface area contributed by atoms with Crippen LogP contribution in [0.15, 0.2) is 30.3 Å². The highest BCUT2D eigenvalue weighted by Gasteiger charge is 2.50. The van der Waals surface area contributed by atoms with Crippen LogP contribution >= 0.6 is 0 Å². The van der Waals surface area contributed by atoms with E-state index in [1.54, 1.807) is 21.3 Å². The van der Waals surface area contributed by atoms with Crippen LogP contribution in [-0.2, 0) is 44.9 Å². The number of benzene rings is 1. The molecule has 0 spiro atoms. The molecule has 41 heavy (non-hydrogen) atoms. The third-order valence-electron chi connectivity index (χ3n) is 9.39. The minimum Gasteiger partial charge on any atom is -0.379 e. The molecule has 6 unspecified atom stereocenters. The summed E-state index contributed by atoms with van der Waals surface area (Å²) in [6.45, 7) is 4.92. The van der Waals surface area contributed by atoms with E-state index in [9.17, 15) is 8.42 Å². The molecule has 0 aromatic heterocycles. The fourth-order valence-electron chi connectivity index (χ4n) is 7.35. The molecule has 0 bridgehead atoms. The molecular weight excluding hydrogens is 544 g/mol. The van der Waals surface area contributed by atoms with Crippen LogP contribution in [0, 0.1) is 11.8 Å². The zero-order valence-corrected chi connectivity index (χ0v) is 26.4. The highest BCUT2D eigenvalue weighted by Crippen LogP contribution is 2.43. The molecule has 4 rings (SSSR count). The molecule has 1 aromatic rings. The number of hydrogen-bond donors (Lipinski definition) is 0. The number of hydrogen-bond acceptors (Lipinski definition) is 8. The average Bonchev–Trinajstić information content (AvgIpc) is 3.49. The molecule has 0 amide bonds. The van der Waals surface area contributed by atoms with E-state index < -0.39 is 21.2 Å². The Balaban J connectivity index is 1.51. The first-order valence-corrected chi connectivity index (χ1v) is 17.3. The lowest BCUT2D eigenvalue weighted by molar-refractivity contribution is -0.159. The molecule has 1 aliphatic heterocycles. The van der Waals surface area contributed by atoms with Gasteiger partial charge in [0, 0.05) is 27.9 Å². The summed E-state index contributed by atoms with van der Waals surface area (Å²) in [5, 5.41) is -0.593. The summed E-state index contributed by atoms with van der Waals surface area (Å²) >= 11 is 0. The van der Waals surface area contributed by atoms with Crippen LogP contribution in [0.1, 0.15) is 70.8 Å². The van der Waals surface area contributed by atoms with Gasteiger partial charge in [-0.25, -0.2) is 8.42 Å². The van der Waals surface area contributed by atoms with E-state index in [1.165, 1.54) is 0 Å². The van der Waals surface area contributed by atoms with Gasteiger partial charge >= 0.3 is 0 Å². The lowest BCUT2D eigenvalue weighted by atomic mass is 9.79. The third-order valence-corrected chi connectivity index (χ3v) is 11.8. The van der Waals surface area contributed by atoms with E-state index in [0.717, 1.165) is 44.1 Å². The third kappa shape index (κ3) is 8.11. The van der Waals surface area contributed by atoms with E-state index in [2.05, 4.69) is 6.92 Å². The summed E-state index contributed by atoms with van der Waals surface area (Å²) in [6, 6.07) is 10.1. The first-order valence-electron chi connectivity index (χ1n) is 15.6. The van der Waals surface area contributed by atoms with Crippen LogP contribution in [0.25, 0.3) is 0 Å². The summed E-state index contributed by atoms with van der Waals surface area (Å²) in [7, 11) is 1.81. The summed E-state index contributed by atoms with van der Waals surface area (Å²) < 4.78 is 64.2. The van der Waals surface area contributed by atoms with Crippen molar-refractivity contribution >= 4 is 9.84 Å². The molecule has 1 aromatic carbocycles. The number of methoxy groups -OCH3 is 3. The van der Waals surface area contributed by atoms with Crippen LogP contribution in [-0.4, -0.2) is 90.1 Å². The minimum absolute atomic E-state index is 0.00332. The molecule has 1 heterocycles. The van der Waals surface area contributed by atoms with Gasteiger partial charge in [0.1, 0.15) is 12.2 Å². The smallest absolute Gasteiger partial charge is 0.155 e. The summed E-state index contributed by atoms with van der Waals surface area (Å²) in [5.74, 6) is 0.552. The van der Waals surface area contributed by atoms with Gasteiger partial charge < -0.3 is 28.4 Å². The van der Waals surface area contributed by atoms with Gasteiger partial charge in [-0.15, -0.1) is 0 Å². The molecule has 8 nitrogen and oxygen atoms in total. The lowest BCUT2D eigenvalue weighted by Gasteiger charge is -2.43. The predicted octanol–water partition coefficient (Wildman–Crippen LogP) is 4.97. The van der Waals surface area contributed by atoms with Crippen LogP contribution in [0.4, 0.5) is 0 Å². The van der Waals surface area contributed by atoms with Gasteiger partial charge in [-0.2, -0.15) is 0 Å². The predicted molar refractivity (Wildman–Crippen MR) is 159 cm³/mol. The zero-order valence-electron chi connectivity index (χ0n) is 25.6. The maximum atomic E-state index is 13.6. The zero-order chi connectivity index (χ0) is 29.4. The molecule has 0 N–H and O–H groups in total. The van der Waals surface area contributed by atoms with Crippen molar-refractivity contribution in [3.05, 3.63) is 35.9 Å². The number of rotatable bonds is 14. The van der Waals surface area contributed by atoms with Gasteiger partial charge in [0.2, 0.25) is 0 Å². The van der Waals surface area contributed by atoms with Crippen molar-refractivity contribution < 1.29 is 36.8 Å². The normalized spacial score (nSPS) is 36.4. The van der Waals surface area contributed by atoms with Crippen molar-refractivity contribution in [1.82, 2.24) is 0 Å². The molecular formula is C32H52O8S. The Morgan fingerprint density at radius 1 is 0.756 bits per heavy atom. The van der Waals surface area contributed by atoms with Crippen LogP contribution in [0.5, 0.6) is 0 Å². The maximum Gasteiger partial charge on any atom is 0.155 e. The Labute approximate surface area is 247 Å². The van der Waals surface area contributed by atoms with Crippen molar-refractivity contribution in [2.24, 2.45) is 11.8 Å². The Bertz CT molecular complexity index is 990. The van der Waals surface area contributed by atoms with E-state index >= 15 is 0 Å². The lowest BCUT2D eigenvalue weighted by Crippen LogP contribution is -2.53. The molecule has 1 saturated heterocycles. The molecule has 8 atom stereocenters. The maximum absolute atomic E-state index is 13.6. The molecule has 3 aliphatic rings. The Kier molecular flexibility index (Phi) is 12.5. The van der Waals surface area contributed by atoms with Crippen LogP contribution in [0.3, 0.4) is 0 Å². The van der Waals surface area contributed by atoms with Gasteiger partial charge in [-0.05, 0) is 68.8 Å². The second-order valence-corrected chi connectivity index (χ2v) is 14.4. The fourth-order valence-corrected chi connectivity index (χ4v) is 9.43. The van der Waals surface area contributed by atoms with Gasteiger partial charge in [-0.1, -0.05) is 44.2 Å². The number of ether oxygens (including phenoxy) is 6. The molecule has 0 radical (unpaired) electrons. The van der Waals surface area contributed by atoms with Gasteiger partial charge in [0.25, 0.3) is 0 Å². The first kappa shape index (κ1) is 32.8. The van der Waals surface area contributed by atoms with Gasteiger partial charge in [0.05, 0.1) is 48.1 Å². The van der Waals surface area contributed by atoms with Crippen molar-refractivity contribution in [1.29, 1.82) is 0 Å². The highest BCUT2D eigenvalue weighted by molar-refractivity contribution is 7.92. The molecule has 9 heteroatoms. The SMILES string of the molecule is CCCOC1C(OCc2ccccc2)CC([C@@H]2CC[C@@H](C3CC(OC)C(OC)C(OC)C3)O2)CC1S(=O)(=O)CCC. The Morgan fingerprint density at radius 3 is 1.93 bits per heavy atom. The van der Waals surface area contributed by atoms with Crippen molar-refractivity contribution in [2.75, 3.05) is 33.7 Å². The topological polar surface area (TPSA) is 89.5 Å². The van der Waals surface area contributed by atoms with Crippen LogP contribution < -0.4 is 0 Å². The van der Waals surface area contributed by atoms with E-state index in [0.29, 0.717) is 32.0 Å². The van der Waals surface area contributed by atoms with E-state index in [1.807, 2.05) is 37.3 Å². The summed E-state index contributed by atoms with van der Waals surface area (Å²) in [4.78, 5) is 0. The van der Waals surface area contributed by atoms with Crippen molar-refractivity contribution in [2.45, 2.75) is 120 Å². The van der Waals surface area contributed by atoms with Crippen molar-refractivity contribution in [3.63, 3.8) is 0 Å². The molecule has 3 fully saturated rings. The Hall–Kier alpha value is -1.07. The number of sulfone groups is 1. The molecule has 2 aliphatic carbocycles. The fraction of sp³-hybridized carbons (Fsp3) is 0.812. The standard InChI is InChI=1S/C32H52O8S/c1-6-15-38-32-29(39-21-22-11-9-8-10-12-22)19-24(20-30(32)41(33,34)16-7-2)26-14-13-25(40-26)23-17-27(35-3)31(37-5)28(18-23)36-4/h8-12,23-32H,6-7,13-21H2,1-5H3/t23?,24?,25-,26-,27?,28?,29?,30?,31?,32?/m0/s1. The van der Waals surface area contributed by atoms with Crippen LogP contribution in [0.2, 0.25) is 0 Å². The molecule has 2 saturated carbocycles. The Morgan fingerprint density at radius 2 is 1.37 bits per heavy atom. The van der Waals surface area contributed by atoms with E-state index in [-0.39, 0.29) is 48.3 Å². The quantitative estimate of drug-likeness (QED) is 0.297. The first-order chi connectivity index (χ1) is 19.8. The second-order valence-electron chi connectivity index (χ2n) is 12.1. The minimum atomic E-state index is -3.36. The summed E-state index contributed by atoms with van der Waals surface area (Å²) in [6.07, 6.45) is 5.42. The highest BCUT2D eigenvalue weighted by atomic mass is 32.2. The van der Waals surface area contributed by atoms with E-state index in [4.69, 9.17) is 28.4 Å². The average molecular weight is 597 g/mol. The monoisotopic (exact) mass is 596 g/mol. The summed E-state index contributed by atoms with van der Waals surface area (Å²) in [5.41, 5.74) is 1.07. The van der Waals surface area contributed by atoms with Gasteiger partial charge in [-0.3, -0.25) is 0 Å². The largest absolute Gasteiger partial charge is 0.379 e.